The number of aromatic nitrogens is 1. The van der Waals surface area contributed by atoms with Crippen LogP contribution >= 0.6 is 23.1 Å². The number of carbonyl (C=O) groups is 1. The van der Waals surface area contributed by atoms with Crippen LogP contribution in [0.3, 0.4) is 0 Å². The first kappa shape index (κ1) is 20.7. The Bertz CT molecular complexity index is 1110. The minimum absolute atomic E-state index is 0.0901. The van der Waals surface area contributed by atoms with Gasteiger partial charge in [0.05, 0.1) is 4.70 Å². The second-order valence-electron chi connectivity index (χ2n) is 8.43. The van der Waals surface area contributed by atoms with E-state index in [1.165, 1.54) is 21.2 Å². The zero-order chi connectivity index (χ0) is 21.4. The maximum Gasteiger partial charge on any atom is 0.223 e. The average Bonchev–Trinajstić information content (AvgIpc) is 3.38. The first-order valence-electron chi connectivity index (χ1n) is 11.0. The van der Waals surface area contributed by atoms with Crippen LogP contribution in [-0.2, 0) is 17.6 Å². The van der Waals surface area contributed by atoms with Crippen LogP contribution in [-0.4, -0.2) is 54.4 Å². The maximum atomic E-state index is 11.8. The number of piperazine rings is 1. The van der Waals surface area contributed by atoms with Crippen LogP contribution in [0.2, 0.25) is 5.02 Å². The van der Waals surface area contributed by atoms with Gasteiger partial charge in [-0.15, -0.1) is 0 Å². The third kappa shape index (κ3) is 4.16. The summed E-state index contributed by atoms with van der Waals surface area (Å²) in [6.45, 7) is 7.65. The standard InChI is InChI=1S/C24H27ClN4OS/c1-17(30)29-10-8-19-15-18(21(25)16-22(19)29)5-4-9-27-11-13-28(14-12-27)24-20-6-2-3-7-23(20)31-26-24/h2-3,6-7,15-16H,4-5,8-14H2,1H3. The molecule has 5 rings (SSSR count). The van der Waals surface area contributed by atoms with Gasteiger partial charge in [-0.25, -0.2) is 0 Å². The molecular formula is C24H27ClN4OS. The van der Waals surface area contributed by atoms with E-state index in [1.54, 1.807) is 18.5 Å². The largest absolute Gasteiger partial charge is 0.353 e. The molecule has 0 aliphatic carbocycles. The Kier molecular flexibility index (Phi) is 5.87. The fourth-order valence-corrected chi connectivity index (χ4v) is 5.81. The van der Waals surface area contributed by atoms with E-state index in [4.69, 9.17) is 16.0 Å². The molecule has 31 heavy (non-hydrogen) atoms. The minimum Gasteiger partial charge on any atom is -0.353 e. The van der Waals surface area contributed by atoms with E-state index < -0.39 is 0 Å². The van der Waals surface area contributed by atoms with Gasteiger partial charge in [-0.05, 0) is 66.7 Å². The van der Waals surface area contributed by atoms with Crippen LogP contribution < -0.4 is 9.80 Å². The smallest absolute Gasteiger partial charge is 0.223 e. The average molecular weight is 455 g/mol. The number of aryl methyl sites for hydroxylation is 1. The SMILES string of the molecule is CC(=O)N1CCc2cc(CCCN3CCN(c4nsc5ccccc45)CC3)c(Cl)cc21. The number of hydrogen-bond acceptors (Lipinski definition) is 5. The van der Waals surface area contributed by atoms with Gasteiger partial charge in [-0.3, -0.25) is 9.69 Å². The Balaban J connectivity index is 1.14. The van der Waals surface area contributed by atoms with Gasteiger partial charge in [0.25, 0.3) is 0 Å². The molecule has 0 unspecified atom stereocenters. The lowest BCUT2D eigenvalue weighted by Crippen LogP contribution is -2.46. The van der Waals surface area contributed by atoms with Crippen molar-refractivity contribution in [1.29, 1.82) is 0 Å². The number of anilines is 2. The maximum absolute atomic E-state index is 11.8. The molecular weight excluding hydrogens is 428 g/mol. The van der Waals surface area contributed by atoms with Crippen LogP contribution in [0.4, 0.5) is 11.5 Å². The van der Waals surface area contributed by atoms with E-state index in [-0.39, 0.29) is 5.91 Å². The number of halogens is 1. The van der Waals surface area contributed by atoms with Crippen molar-refractivity contribution in [3.05, 3.63) is 52.5 Å². The molecule has 0 saturated carbocycles. The van der Waals surface area contributed by atoms with Crippen LogP contribution in [0.1, 0.15) is 24.5 Å². The van der Waals surface area contributed by atoms with E-state index in [0.29, 0.717) is 0 Å². The highest BCUT2D eigenvalue weighted by Crippen LogP contribution is 2.34. The highest BCUT2D eigenvalue weighted by atomic mass is 35.5. The van der Waals surface area contributed by atoms with Crippen molar-refractivity contribution in [2.24, 2.45) is 0 Å². The fourth-order valence-electron chi connectivity index (χ4n) is 4.76. The molecule has 1 aromatic heterocycles. The van der Waals surface area contributed by atoms with E-state index in [0.717, 1.165) is 75.1 Å². The van der Waals surface area contributed by atoms with Gasteiger partial charge in [-0.2, -0.15) is 4.37 Å². The molecule has 0 atom stereocenters. The Morgan fingerprint density at radius 3 is 2.74 bits per heavy atom. The van der Waals surface area contributed by atoms with Gasteiger partial charge in [0.2, 0.25) is 5.91 Å². The number of nitrogens with zero attached hydrogens (tertiary/aromatic N) is 4. The molecule has 1 amide bonds. The number of fused-ring (bicyclic) bond motifs is 2. The highest BCUT2D eigenvalue weighted by Gasteiger charge is 2.24. The van der Waals surface area contributed by atoms with Crippen molar-refractivity contribution >= 4 is 50.6 Å². The third-order valence-electron chi connectivity index (χ3n) is 6.47. The lowest BCUT2D eigenvalue weighted by molar-refractivity contribution is -0.116. The van der Waals surface area contributed by atoms with E-state index in [2.05, 4.69) is 40.1 Å². The molecule has 5 nitrogen and oxygen atoms in total. The van der Waals surface area contributed by atoms with E-state index >= 15 is 0 Å². The molecule has 0 radical (unpaired) electrons. The van der Waals surface area contributed by atoms with Gasteiger partial charge in [0, 0.05) is 55.7 Å². The van der Waals surface area contributed by atoms with Crippen molar-refractivity contribution in [3.63, 3.8) is 0 Å². The predicted molar refractivity (Wildman–Crippen MR) is 130 cm³/mol. The molecule has 162 valence electrons. The normalized spacial score (nSPS) is 16.8. The summed E-state index contributed by atoms with van der Waals surface area (Å²) in [5.41, 5.74) is 3.45. The first-order valence-corrected chi connectivity index (χ1v) is 12.2. The van der Waals surface area contributed by atoms with E-state index in [1.807, 2.05) is 11.0 Å². The Labute approximate surface area is 192 Å². The van der Waals surface area contributed by atoms with Crippen LogP contribution in [0.5, 0.6) is 0 Å². The third-order valence-corrected chi connectivity index (χ3v) is 7.64. The summed E-state index contributed by atoms with van der Waals surface area (Å²) in [5.74, 6) is 1.23. The van der Waals surface area contributed by atoms with Crippen molar-refractivity contribution in [3.8, 4) is 0 Å². The zero-order valence-electron chi connectivity index (χ0n) is 17.8. The molecule has 3 heterocycles. The zero-order valence-corrected chi connectivity index (χ0v) is 19.4. The number of carbonyl (C=O) groups excluding carboxylic acids is 1. The Morgan fingerprint density at radius 1 is 1.13 bits per heavy atom. The number of rotatable bonds is 5. The Hall–Kier alpha value is -2.15. The lowest BCUT2D eigenvalue weighted by atomic mass is 10.0. The van der Waals surface area contributed by atoms with Gasteiger partial charge in [0.1, 0.15) is 5.82 Å². The molecule has 7 heteroatoms. The van der Waals surface area contributed by atoms with Crippen molar-refractivity contribution in [2.75, 3.05) is 49.1 Å². The number of amides is 1. The summed E-state index contributed by atoms with van der Waals surface area (Å²) in [6.07, 6.45) is 2.99. The topological polar surface area (TPSA) is 39.7 Å². The van der Waals surface area contributed by atoms with Gasteiger partial charge >= 0.3 is 0 Å². The molecule has 2 aliphatic heterocycles. The summed E-state index contributed by atoms with van der Waals surface area (Å²) in [4.78, 5) is 18.6. The fraction of sp³-hybridized carbons (Fsp3) is 0.417. The Morgan fingerprint density at radius 2 is 1.94 bits per heavy atom. The van der Waals surface area contributed by atoms with Gasteiger partial charge < -0.3 is 9.80 Å². The van der Waals surface area contributed by atoms with E-state index in [9.17, 15) is 4.79 Å². The number of hydrogen-bond donors (Lipinski definition) is 0. The molecule has 2 aromatic carbocycles. The van der Waals surface area contributed by atoms with Crippen LogP contribution in [0.15, 0.2) is 36.4 Å². The summed E-state index contributed by atoms with van der Waals surface area (Å²) >= 11 is 8.15. The molecule has 0 spiro atoms. The van der Waals surface area contributed by atoms with Gasteiger partial charge in [0.15, 0.2) is 0 Å². The van der Waals surface area contributed by atoms with Crippen molar-refractivity contribution < 1.29 is 4.79 Å². The monoisotopic (exact) mass is 454 g/mol. The molecule has 0 bridgehead atoms. The summed E-state index contributed by atoms with van der Waals surface area (Å²) in [5, 5.41) is 2.06. The lowest BCUT2D eigenvalue weighted by Gasteiger charge is -2.35. The predicted octanol–water partition coefficient (Wildman–Crippen LogP) is 4.61. The summed E-state index contributed by atoms with van der Waals surface area (Å²) in [7, 11) is 0. The number of benzene rings is 2. The molecule has 2 aliphatic rings. The first-order chi connectivity index (χ1) is 15.1. The second kappa shape index (κ2) is 8.77. The molecule has 1 fully saturated rings. The summed E-state index contributed by atoms with van der Waals surface area (Å²) in [6, 6.07) is 12.7. The summed E-state index contributed by atoms with van der Waals surface area (Å²) < 4.78 is 5.97. The van der Waals surface area contributed by atoms with Crippen molar-refractivity contribution in [1.82, 2.24) is 9.27 Å². The highest BCUT2D eigenvalue weighted by molar-refractivity contribution is 7.13. The molecule has 1 saturated heterocycles. The van der Waals surface area contributed by atoms with Gasteiger partial charge in [-0.1, -0.05) is 29.8 Å². The minimum atomic E-state index is 0.0901. The quantitative estimate of drug-likeness (QED) is 0.564. The van der Waals surface area contributed by atoms with Crippen LogP contribution in [0, 0.1) is 0 Å². The van der Waals surface area contributed by atoms with Crippen LogP contribution in [0.25, 0.3) is 10.1 Å². The second-order valence-corrected chi connectivity index (χ2v) is 9.64. The molecule has 3 aromatic rings. The molecule has 0 N–H and O–H groups in total. The van der Waals surface area contributed by atoms with Crippen molar-refractivity contribution in [2.45, 2.75) is 26.2 Å².